The molecule has 0 fully saturated rings. The lowest BCUT2D eigenvalue weighted by Crippen LogP contribution is -2.31. The first-order valence-electron chi connectivity index (χ1n) is 2.93. The van der Waals surface area contributed by atoms with Gasteiger partial charge in [0, 0.05) is 6.54 Å². The summed E-state index contributed by atoms with van der Waals surface area (Å²) < 4.78 is 0. The second-order valence-electron chi connectivity index (χ2n) is 2.12. The molecule has 0 bridgehead atoms. The van der Waals surface area contributed by atoms with Crippen molar-refractivity contribution < 1.29 is 5.21 Å². The Morgan fingerprint density at radius 3 is 2.88 bits per heavy atom. The Kier molecular flexibility index (Phi) is 1.65. The maximum Gasteiger partial charge on any atom is 0.0502 e. The van der Waals surface area contributed by atoms with Gasteiger partial charge in [-0.15, -0.1) is 0 Å². The minimum absolute atomic E-state index is 0.212. The Balaban J connectivity index is 2.47. The van der Waals surface area contributed by atoms with Crippen LogP contribution in [0.25, 0.3) is 0 Å². The molecule has 0 saturated heterocycles. The summed E-state index contributed by atoms with van der Waals surface area (Å²) in [6.07, 6.45) is 5.07. The van der Waals surface area contributed by atoms with Gasteiger partial charge in [-0.05, 0) is 13.3 Å². The molecule has 46 valence electrons. The van der Waals surface area contributed by atoms with E-state index in [9.17, 15) is 0 Å². The van der Waals surface area contributed by atoms with Crippen molar-refractivity contribution in [2.24, 2.45) is 0 Å². The first-order valence-corrected chi connectivity index (χ1v) is 2.93. The molecule has 8 heavy (non-hydrogen) atoms. The maximum atomic E-state index is 8.96. The van der Waals surface area contributed by atoms with Gasteiger partial charge in [-0.3, -0.25) is 0 Å². The van der Waals surface area contributed by atoms with Gasteiger partial charge in [-0.2, -0.15) is 5.06 Å². The van der Waals surface area contributed by atoms with Gasteiger partial charge in [0.25, 0.3) is 0 Å². The van der Waals surface area contributed by atoms with Crippen molar-refractivity contribution in [3.63, 3.8) is 0 Å². The molecule has 0 aliphatic carbocycles. The van der Waals surface area contributed by atoms with Crippen molar-refractivity contribution >= 4 is 0 Å². The van der Waals surface area contributed by atoms with Crippen LogP contribution in [0.1, 0.15) is 13.3 Å². The number of nitrogens with zero attached hydrogens (tertiary/aromatic N) is 1. The summed E-state index contributed by atoms with van der Waals surface area (Å²) in [6, 6.07) is 0.212. The lowest BCUT2D eigenvalue weighted by molar-refractivity contribution is -0.110. The Labute approximate surface area is 49.4 Å². The molecule has 0 aromatic rings. The van der Waals surface area contributed by atoms with E-state index >= 15 is 0 Å². The van der Waals surface area contributed by atoms with E-state index < -0.39 is 0 Å². The Morgan fingerprint density at radius 2 is 2.50 bits per heavy atom. The zero-order chi connectivity index (χ0) is 5.98. The molecule has 1 atom stereocenters. The zero-order valence-electron chi connectivity index (χ0n) is 5.04. The van der Waals surface area contributed by atoms with Crippen LogP contribution in [0, 0.1) is 0 Å². The molecule has 1 unspecified atom stereocenters. The van der Waals surface area contributed by atoms with Gasteiger partial charge in [0.15, 0.2) is 0 Å². The standard InChI is InChI=1S/C6H11NO/c1-6-4-2-3-5-7(6)8/h2,4,6,8H,3,5H2,1H3. The van der Waals surface area contributed by atoms with Crippen molar-refractivity contribution in [3.8, 4) is 0 Å². The third-order valence-electron chi connectivity index (χ3n) is 1.41. The monoisotopic (exact) mass is 113 g/mol. The molecule has 0 spiro atoms. The van der Waals surface area contributed by atoms with Crippen LogP contribution in [0.5, 0.6) is 0 Å². The molecule has 1 aliphatic heterocycles. The first kappa shape index (κ1) is 5.79. The van der Waals surface area contributed by atoms with E-state index in [0.29, 0.717) is 0 Å². The molecular formula is C6H11NO. The van der Waals surface area contributed by atoms with E-state index in [2.05, 4.69) is 6.08 Å². The van der Waals surface area contributed by atoms with Gasteiger partial charge in [0.1, 0.15) is 0 Å². The predicted molar refractivity (Wildman–Crippen MR) is 31.7 cm³/mol. The second kappa shape index (κ2) is 2.29. The molecular weight excluding hydrogens is 102 g/mol. The summed E-state index contributed by atoms with van der Waals surface area (Å²) in [4.78, 5) is 0. The minimum Gasteiger partial charge on any atom is -0.313 e. The smallest absolute Gasteiger partial charge is 0.0502 e. The quantitative estimate of drug-likeness (QED) is 0.474. The van der Waals surface area contributed by atoms with Crippen molar-refractivity contribution in [1.29, 1.82) is 0 Å². The summed E-state index contributed by atoms with van der Waals surface area (Å²) in [6.45, 7) is 2.74. The Bertz CT molecular complexity index is 101. The summed E-state index contributed by atoms with van der Waals surface area (Å²) in [5.41, 5.74) is 0. The van der Waals surface area contributed by atoms with Crippen molar-refractivity contribution in [3.05, 3.63) is 12.2 Å². The normalized spacial score (nSPS) is 31.0. The van der Waals surface area contributed by atoms with Gasteiger partial charge >= 0.3 is 0 Å². The average Bonchev–Trinajstić information content (AvgIpc) is 1.77. The topological polar surface area (TPSA) is 23.5 Å². The highest BCUT2D eigenvalue weighted by atomic mass is 16.5. The van der Waals surface area contributed by atoms with Crippen LogP contribution < -0.4 is 0 Å². The highest BCUT2D eigenvalue weighted by Crippen LogP contribution is 2.04. The number of hydrogen-bond donors (Lipinski definition) is 1. The van der Waals surface area contributed by atoms with Crippen molar-refractivity contribution in [2.45, 2.75) is 19.4 Å². The number of hydrogen-bond acceptors (Lipinski definition) is 2. The van der Waals surface area contributed by atoms with E-state index in [0.717, 1.165) is 13.0 Å². The zero-order valence-corrected chi connectivity index (χ0v) is 5.04. The van der Waals surface area contributed by atoms with Crippen LogP contribution in [0.4, 0.5) is 0 Å². The molecule has 0 aromatic heterocycles. The Hall–Kier alpha value is -0.340. The SMILES string of the molecule is CC1C=CCCN1O. The lowest BCUT2D eigenvalue weighted by atomic mass is 10.2. The molecule has 0 saturated carbocycles. The maximum absolute atomic E-state index is 8.96. The Morgan fingerprint density at radius 1 is 1.75 bits per heavy atom. The van der Waals surface area contributed by atoms with Crippen LogP contribution >= 0.6 is 0 Å². The summed E-state index contributed by atoms with van der Waals surface area (Å²) >= 11 is 0. The van der Waals surface area contributed by atoms with Gasteiger partial charge in [-0.1, -0.05) is 12.2 Å². The summed E-state index contributed by atoms with van der Waals surface area (Å²) in [5.74, 6) is 0. The van der Waals surface area contributed by atoms with Crippen LogP contribution in [0.3, 0.4) is 0 Å². The second-order valence-corrected chi connectivity index (χ2v) is 2.12. The highest BCUT2D eigenvalue weighted by molar-refractivity contribution is 4.94. The van der Waals surface area contributed by atoms with E-state index in [1.54, 1.807) is 0 Å². The fraction of sp³-hybridized carbons (Fsp3) is 0.667. The van der Waals surface area contributed by atoms with Crippen LogP contribution in [0.2, 0.25) is 0 Å². The van der Waals surface area contributed by atoms with E-state index in [1.807, 2.05) is 13.0 Å². The summed E-state index contributed by atoms with van der Waals surface area (Å²) in [7, 11) is 0. The van der Waals surface area contributed by atoms with Crippen molar-refractivity contribution in [1.82, 2.24) is 5.06 Å². The third kappa shape index (κ3) is 1.08. The van der Waals surface area contributed by atoms with E-state index in [4.69, 9.17) is 5.21 Å². The van der Waals surface area contributed by atoms with Gasteiger partial charge in [0.2, 0.25) is 0 Å². The molecule has 1 N–H and O–H groups in total. The molecule has 0 aromatic carbocycles. The number of hydroxylamine groups is 2. The third-order valence-corrected chi connectivity index (χ3v) is 1.41. The molecule has 2 heteroatoms. The highest BCUT2D eigenvalue weighted by Gasteiger charge is 2.08. The van der Waals surface area contributed by atoms with Gasteiger partial charge in [0.05, 0.1) is 6.04 Å². The fourth-order valence-corrected chi connectivity index (χ4v) is 0.803. The average molecular weight is 113 g/mol. The van der Waals surface area contributed by atoms with Gasteiger partial charge < -0.3 is 5.21 Å². The van der Waals surface area contributed by atoms with Crippen LogP contribution in [-0.2, 0) is 0 Å². The van der Waals surface area contributed by atoms with Gasteiger partial charge in [-0.25, -0.2) is 0 Å². The lowest BCUT2D eigenvalue weighted by Gasteiger charge is -2.22. The van der Waals surface area contributed by atoms with Crippen LogP contribution in [0.15, 0.2) is 12.2 Å². The van der Waals surface area contributed by atoms with Crippen LogP contribution in [-0.4, -0.2) is 22.9 Å². The molecule has 2 nitrogen and oxygen atoms in total. The number of rotatable bonds is 0. The molecule has 1 heterocycles. The van der Waals surface area contributed by atoms with E-state index in [-0.39, 0.29) is 6.04 Å². The first-order chi connectivity index (χ1) is 3.80. The van der Waals surface area contributed by atoms with E-state index in [1.165, 1.54) is 5.06 Å². The summed E-state index contributed by atoms with van der Waals surface area (Å²) in [5, 5.41) is 10.3. The van der Waals surface area contributed by atoms with Crippen molar-refractivity contribution in [2.75, 3.05) is 6.54 Å². The molecule has 1 aliphatic rings. The largest absolute Gasteiger partial charge is 0.313 e. The molecule has 0 radical (unpaired) electrons. The molecule has 0 amide bonds. The molecule has 1 rings (SSSR count). The minimum atomic E-state index is 0.212. The predicted octanol–water partition coefficient (Wildman–Crippen LogP) is 1.03. The fourth-order valence-electron chi connectivity index (χ4n) is 0.803.